The molecule has 0 saturated heterocycles. The Bertz CT molecular complexity index is 845. The predicted octanol–water partition coefficient (Wildman–Crippen LogP) is 4.90. The molecule has 0 fully saturated rings. The topological polar surface area (TPSA) is 50.8 Å². The van der Waals surface area contributed by atoms with Crippen LogP contribution in [0.5, 0.6) is 5.75 Å². The molecule has 0 aliphatic rings. The molecule has 0 aliphatic heterocycles. The molecule has 0 radical (unpaired) electrons. The first-order valence-electron chi connectivity index (χ1n) is 6.06. The summed E-state index contributed by atoms with van der Waals surface area (Å²) in [5.41, 5.74) is 1.99. The molecular weight excluding hydrogens is 333 g/mol. The summed E-state index contributed by atoms with van der Waals surface area (Å²) in [4.78, 5) is 11.8. The minimum atomic E-state index is 0.438. The number of H-pyrrole nitrogens is 1. The summed E-state index contributed by atoms with van der Waals surface area (Å²) >= 11 is 18.6. The van der Waals surface area contributed by atoms with Crippen LogP contribution in [0.25, 0.3) is 22.3 Å². The van der Waals surface area contributed by atoms with Crippen molar-refractivity contribution in [1.29, 1.82) is 0 Å². The number of nitrogens with zero attached hydrogens (tertiary/aromatic N) is 2. The molecule has 1 N–H and O–H groups in total. The summed E-state index contributed by atoms with van der Waals surface area (Å²) in [7, 11) is 1.54. The highest BCUT2D eigenvalue weighted by Gasteiger charge is 2.17. The van der Waals surface area contributed by atoms with Crippen molar-refractivity contribution in [2.45, 2.75) is 6.92 Å². The number of aromatic amines is 1. The van der Waals surface area contributed by atoms with Crippen LogP contribution in [0.2, 0.25) is 15.1 Å². The number of ether oxygens (including phenoxy) is 1. The molecule has 4 nitrogen and oxygen atoms in total. The monoisotopic (exact) mass is 341 g/mol. The molecule has 0 spiro atoms. The third kappa shape index (κ3) is 2.44. The van der Waals surface area contributed by atoms with E-state index in [2.05, 4.69) is 15.0 Å². The van der Waals surface area contributed by atoms with Gasteiger partial charge >= 0.3 is 0 Å². The molecule has 3 rings (SSSR count). The van der Waals surface area contributed by atoms with Gasteiger partial charge in [-0.25, -0.2) is 9.97 Å². The lowest BCUT2D eigenvalue weighted by Crippen LogP contribution is -1.95. The number of rotatable bonds is 2. The van der Waals surface area contributed by atoms with Gasteiger partial charge in [0, 0.05) is 11.8 Å². The number of nitrogens with one attached hydrogen (secondary N) is 1. The van der Waals surface area contributed by atoms with Crippen molar-refractivity contribution in [2.24, 2.45) is 0 Å². The summed E-state index contributed by atoms with van der Waals surface area (Å²) < 4.78 is 5.24. The minimum absolute atomic E-state index is 0.438. The van der Waals surface area contributed by atoms with Crippen molar-refractivity contribution in [3.05, 3.63) is 39.2 Å². The standard InChI is InChI=1S/C14H10Cl3N3O/c1-6-19-13(12-10(17)5-18-14(12)20-6)7-3-11(21-2)9(16)4-8(7)15/h3-5H,1-2H3,(H,18,19,20). The molecule has 1 aromatic carbocycles. The third-order valence-electron chi connectivity index (χ3n) is 3.09. The van der Waals surface area contributed by atoms with Gasteiger partial charge in [-0.1, -0.05) is 34.8 Å². The van der Waals surface area contributed by atoms with Gasteiger partial charge in [-0.2, -0.15) is 0 Å². The van der Waals surface area contributed by atoms with Crippen molar-refractivity contribution in [2.75, 3.05) is 7.11 Å². The highest BCUT2D eigenvalue weighted by atomic mass is 35.5. The maximum absolute atomic E-state index is 6.31. The Morgan fingerprint density at radius 3 is 2.52 bits per heavy atom. The quantitative estimate of drug-likeness (QED) is 0.720. The maximum Gasteiger partial charge on any atom is 0.143 e. The lowest BCUT2D eigenvalue weighted by atomic mass is 10.1. The van der Waals surface area contributed by atoms with Crippen LogP contribution in [0.15, 0.2) is 18.3 Å². The van der Waals surface area contributed by atoms with Crippen molar-refractivity contribution in [3.63, 3.8) is 0 Å². The van der Waals surface area contributed by atoms with Gasteiger partial charge in [-0.15, -0.1) is 0 Å². The number of halogens is 3. The Hall–Kier alpha value is -1.49. The number of methoxy groups -OCH3 is 1. The number of aromatic nitrogens is 3. The Labute approximate surface area is 136 Å². The van der Waals surface area contributed by atoms with Crippen LogP contribution in [0, 0.1) is 6.92 Å². The van der Waals surface area contributed by atoms with Gasteiger partial charge in [0.25, 0.3) is 0 Å². The second kappa shape index (κ2) is 5.37. The lowest BCUT2D eigenvalue weighted by Gasteiger charge is -2.10. The van der Waals surface area contributed by atoms with Crippen molar-refractivity contribution >= 4 is 45.8 Å². The predicted molar refractivity (Wildman–Crippen MR) is 85.6 cm³/mol. The summed E-state index contributed by atoms with van der Waals surface area (Å²) in [6, 6.07) is 3.37. The zero-order valence-corrected chi connectivity index (χ0v) is 13.4. The Morgan fingerprint density at radius 2 is 1.81 bits per heavy atom. The molecule has 3 aromatic rings. The van der Waals surface area contributed by atoms with E-state index in [0.29, 0.717) is 48.9 Å². The van der Waals surface area contributed by atoms with Gasteiger partial charge in [0.1, 0.15) is 17.2 Å². The van der Waals surface area contributed by atoms with Gasteiger partial charge in [-0.05, 0) is 19.1 Å². The molecule has 0 saturated carbocycles. The SMILES string of the molecule is COc1cc(-c2nc(C)nc3[nH]cc(Cl)c23)c(Cl)cc1Cl. The van der Waals surface area contributed by atoms with E-state index >= 15 is 0 Å². The Kier molecular flexibility index (Phi) is 3.69. The maximum atomic E-state index is 6.31. The van der Waals surface area contributed by atoms with Crippen molar-refractivity contribution in [1.82, 2.24) is 15.0 Å². The average molecular weight is 343 g/mol. The molecule has 0 bridgehead atoms. The number of aryl methyl sites for hydroxylation is 1. The van der Waals surface area contributed by atoms with Crippen LogP contribution in [-0.4, -0.2) is 22.1 Å². The zero-order chi connectivity index (χ0) is 15.1. The molecule has 21 heavy (non-hydrogen) atoms. The summed E-state index contributed by atoms with van der Waals surface area (Å²) in [6.07, 6.45) is 1.67. The fourth-order valence-corrected chi connectivity index (χ4v) is 2.95. The van der Waals surface area contributed by atoms with Gasteiger partial charge in [-0.3, -0.25) is 0 Å². The molecule has 0 aliphatic carbocycles. The molecule has 2 heterocycles. The molecule has 2 aromatic heterocycles. The zero-order valence-electron chi connectivity index (χ0n) is 11.2. The fraction of sp³-hybridized carbons (Fsp3) is 0.143. The molecule has 0 unspecified atom stereocenters. The first-order chi connectivity index (χ1) is 10.0. The van der Waals surface area contributed by atoms with Crippen LogP contribution in [-0.2, 0) is 0 Å². The van der Waals surface area contributed by atoms with Gasteiger partial charge in [0.15, 0.2) is 0 Å². The molecule has 7 heteroatoms. The molecule has 0 atom stereocenters. The van der Waals surface area contributed by atoms with E-state index in [1.54, 1.807) is 32.4 Å². The Balaban J connectivity index is 2.37. The lowest BCUT2D eigenvalue weighted by molar-refractivity contribution is 0.415. The summed E-state index contributed by atoms with van der Waals surface area (Å²) in [5.74, 6) is 1.13. The van der Waals surface area contributed by atoms with E-state index < -0.39 is 0 Å². The van der Waals surface area contributed by atoms with E-state index in [4.69, 9.17) is 39.5 Å². The number of benzene rings is 1. The van der Waals surface area contributed by atoms with Gasteiger partial charge in [0.05, 0.1) is 33.3 Å². The first kappa shape index (κ1) is 14.4. The average Bonchev–Trinajstić information content (AvgIpc) is 2.79. The third-order valence-corrected chi connectivity index (χ3v) is 4.00. The Morgan fingerprint density at radius 1 is 1.05 bits per heavy atom. The first-order valence-corrected chi connectivity index (χ1v) is 7.19. The van der Waals surface area contributed by atoms with Crippen molar-refractivity contribution < 1.29 is 4.74 Å². The number of hydrogen-bond acceptors (Lipinski definition) is 3. The fourth-order valence-electron chi connectivity index (χ4n) is 2.17. The van der Waals surface area contributed by atoms with Crippen molar-refractivity contribution in [3.8, 4) is 17.0 Å². The number of fused-ring (bicyclic) bond motifs is 1. The van der Waals surface area contributed by atoms with E-state index in [0.717, 1.165) is 0 Å². The van der Waals surface area contributed by atoms with Crippen LogP contribution >= 0.6 is 34.8 Å². The molecule has 0 amide bonds. The highest BCUT2D eigenvalue weighted by molar-refractivity contribution is 6.39. The molecular formula is C14H10Cl3N3O. The number of hydrogen-bond donors (Lipinski definition) is 1. The minimum Gasteiger partial charge on any atom is -0.495 e. The smallest absolute Gasteiger partial charge is 0.143 e. The van der Waals surface area contributed by atoms with Crippen LogP contribution < -0.4 is 4.74 Å². The molecule has 108 valence electrons. The van der Waals surface area contributed by atoms with Crippen LogP contribution in [0.4, 0.5) is 0 Å². The summed E-state index contributed by atoms with van der Waals surface area (Å²) in [6.45, 7) is 1.80. The summed E-state index contributed by atoms with van der Waals surface area (Å²) in [5, 5.41) is 2.16. The van der Waals surface area contributed by atoms with Gasteiger partial charge < -0.3 is 9.72 Å². The van der Waals surface area contributed by atoms with E-state index in [1.165, 1.54) is 0 Å². The van der Waals surface area contributed by atoms with Crippen LogP contribution in [0.3, 0.4) is 0 Å². The largest absolute Gasteiger partial charge is 0.495 e. The van der Waals surface area contributed by atoms with Crippen LogP contribution in [0.1, 0.15) is 5.82 Å². The van der Waals surface area contributed by atoms with E-state index in [1.807, 2.05) is 0 Å². The van der Waals surface area contributed by atoms with E-state index in [-0.39, 0.29) is 0 Å². The second-order valence-corrected chi connectivity index (χ2v) is 5.67. The van der Waals surface area contributed by atoms with Gasteiger partial charge in [0.2, 0.25) is 0 Å². The normalized spacial score (nSPS) is 11.1. The van der Waals surface area contributed by atoms with E-state index in [9.17, 15) is 0 Å². The highest BCUT2D eigenvalue weighted by Crippen LogP contribution is 2.39. The second-order valence-electron chi connectivity index (χ2n) is 4.45.